The third-order valence-corrected chi connectivity index (χ3v) is 5.21. The van der Waals surface area contributed by atoms with Crippen LogP contribution in [-0.4, -0.2) is 40.1 Å². The van der Waals surface area contributed by atoms with Crippen molar-refractivity contribution >= 4 is 23.7 Å². The minimum atomic E-state index is -0.684. The number of nitrogens with zero attached hydrogens (tertiary/aromatic N) is 2. The Bertz CT molecular complexity index is 637. The molecule has 2 saturated heterocycles. The van der Waals surface area contributed by atoms with E-state index in [1.54, 1.807) is 22.7 Å². The Morgan fingerprint density at radius 1 is 1.32 bits per heavy atom. The summed E-state index contributed by atoms with van der Waals surface area (Å²) in [7, 11) is 0. The van der Waals surface area contributed by atoms with Crippen molar-refractivity contribution in [1.29, 1.82) is 0 Å². The highest BCUT2D eigenvalue weighted by molar-refractivity contribution is 7.97. The molecule has 0 N–H and O–H groups in total. The second kappa shape index (κ2) is 5.57. The Labute approximate surface area is 133 Å². The normalized spacial score (nSPS) is 24.3. The Morgan fingerprint density at radius 2 is 2.09 bits per heavy atom. The Morgan fingerprint density at radius 3 is 2.77 bits per heavy atom. The quantitative estimate of drug-likeness (QED) is 0.800. The fourth-order valence-electron chi connectivity index (χ4n) is 3.36. The summed E-state index contributed by atoms with van der Waals surface area (Å²) in [6.45, 7) is 2.70. The lowest BCUT2D eigenvalue weighted by Crippen LogP contribution is -2.41. The minimum Gasteiger partial charge on any atom is -0.310 e. The van der Waals surface area contributed by atoms with Crippen LogP contribution in [0.1, 0.15) is 30.9 Å². The molecule has 0 bridgehead atoms. The molecule has 2 aliphatic heterocycles. The molecular formula is C16H19FN2O2S. The van der Waals surface area contributed by atoms with Crippen molar-refractivity contribution in [3.63, 3.8) is 0 Å². The van der Waals surface area contributed by atoms with E-state index >= 15 is 0 Å². The van der Waals surface area contributed by atoms with Crippen molar-refractivity contribution in [3.05, 3.63) is 35.1 Å². The predicted octanol–water partition coefficient (Wildman–Crippen LogP) is 3.01. The number of urea groups is 1. The highest BCUT2D eigenvalue weighted by Gasteiger charge is 2.56. The van der Waals surface area contributed by atoms with Crippen molar-refractivity contribution < 1.29 is 14.0 Å². The van der Waals surface area contributed by atoms with Crippen LogP contribution < -0.4 is 0 Å². The van der Waals surface area contributed by atoms with Gasteiger partial charge in [0.05, 0.1) is 6.54 Å². The maximum absolute atomic E-state index is 13.4. The fourth-order valence-corrected chi connectivity index (χ4v) is 3.94. The molecule has 0 aliphatic carbocycles. The van der Waals surface area contributed by atoms with Gasteiger partial charge in [0, 0.05) is 12.3 Å². The van der Waals surface area contributed by atoms with Gasteiger partial charge < -0.3 is 4.90 Å². The average Bonchev–Trinajstić information content (AvgIpc) is 2.95. The lowest BCUT2D eigenvalue weighted by Gasteiger charge is -2.22. The van der Waals surface area contributed by atoms with Crippen LogP contribution in [0.15, 0.2) is 18.2 Å². The smallest absolute Gasteiger partial charge is 0.310 e. The summed E-state index contributed by atoms with van der Waals surface area (Å²) in [6, 6.07) is 4.32. The van der Waals surface area contributed by atoms with Crippen LogP contribution in [0.25, 0.3) is 0 Å². The summed E-state index contributed by atoms with van der Waals surface area (Å²) in [6.07, 6.45) is 3.53. The summed E-state index contributed by atoms with van der Waals surface area (Å²) in [4.78, 5) is 28.1. The number of hydrogen-bond acceptors (Lipinski definition) is 3. The summed E-state index contributed by atoms with van der Waals surface area (Å²) in [5, 5.41) is 0. The van der Waals surface area contributed by atoms with E-state index in [-0.39, 0.29) is 24.3 Å². The zero-order valence-corrected chi connectivity index (χ0v) is 13.6. The second-order valence-corrected chi connectivity index (χ2v) is 6.91. The first-order valence-corrected chi connectivity index (χ1v) is 8.76. The molecule has 0 saturated carbocycles. The third kappa shape index (κ3) is 2.29. The van der Waals surface area contributed by atoms with E-state index in [4.69, 9.17) is 0 Å². The number of fused-ring (bicyclic) bond motifs is 1. The first-order chi connectivity index (χ1) is 10.5. The van der Waals surface area contributed by atoms with Gasteiger partial charge in [-0.05, 0) is 49.3 Å². The van der Waals surface area contributed by atoms with E-state index in [9.17, 15) is 14.0 Å². The van der Waals surface area contributed by atoms with Gasteiger partial charge in [0.1, 0.15) is 11.4 Å². The molecule has 1 unspecified atom stereocenters. The number of rotatable bonds is 4. The molecule has 3 rings (SSSR count). The topological polar surface area (TPSA) is 40.6 Å². The summed E-state index contributed by atoms with van der Waals surface area (Å²) >= 11 is 1.59. The number of imide groups is 1. The van der Waals surface area contributed by atoms with Crippen LogP contribution in [0.4, 0.5) is 9.18 Å². The fraction of sp³-hybridized carbons (Fsp3) is 0.500. The van der Waals surface area contributed by atoms with Gasteiger partial charge in [-0.3, -0.25) is 9.69 Å². The number of thioether (sulfide) groups is 1. The van der Waals surface area contributed by atoms with E-state index in [0.717, 1.165) is 24.0 Å². The van der Waals surface area contributed by atoms with E-state index in [1.165, 1.54) is 17.0 Å². The van der Waals surface area contributed by atoms with Crippen LogP contribution in [0.2, 0.25) is 0 Å². The number of hydrogen-bond donors (Lipinski definition) is 0. The Balaban J connectivity index is 1.88. The Hall–Kier alpha value is -1.56. The number of carbonyl (C=O) groups is 2. The van der Waals surface area contributed by atoms with Crippen LogP contribution in [-0.2, 0) is 17.1 Å². The number of benzene rings is 1. The zero-order chi connectivity index (χ0) is 15.9. The molecule has 0 radical (unpaired) electrons. The molecular weight excluding hydrogens is 303 g/mol. The van der Waals surface area contributed by atoms with Gasteiger partial charge in [-0.1, -0.05) is 6.07 Å². The second-order valence-electron chi connectivity index (χ2n) is 6.05. The van der Waals surface area contributed by atoms with E-state index in [0.29, 0.717) is 12.3 Å². The first-order valence-electron chi connectivity index (χ1n) is 7.37. The number of halogens is 1. The molecule has 0 spiro atoms. The van der Waals surface area contributed by atoms with Crippen molar-refractivity contribution in [2.75, 3.05) is 12.8 Å². The van der Waals surface area contributed by atoms with Crippen LogP contribution in [0, 0.1) is 5.82 Å². The van der Waals surface area contributed by atoms with Crippen molar-refractivity contribution in [3.8, 4) is 0 Å². The standard InChI is InChI=1S/C16H19FN2O2S/c1-16-6-3-7-19(16)15(21)18(14(16)20)9-11-4-5-13(17)8-12(11)10-22-2/h4-5,8H,3,6-7,9-10H2,1-2H3. The summed E-state index contributed by atoms with van der Waals surface area (Å²) < 4.78 is 13.4. The highest BCUT2D eigenvalue weighted by Crippen LogP contribution is 2.38. The highest BCUT2D eigenvalue weighted by atomic mass is 32.2. The number of amides is 3. The summed E-state index contributed by atoms with van der Waals surface area (Å²) in [5.74, 6) is 0.235. The molecule has 0 aromatic heterocycles. The van der Waals surface area contributed by atoms with Gasteiger partial charge >= 0.3 is 6.03 Å². The van der Waals surface area contributed by atoms with Crippen molar-refractivity contribution in [2.45, 2.75) is 37.6 Å². The molecule has 2 heterocycles. The lowest BCUT2D eigenvalue weighted by atomic mass is 9.99. The summed E-state index contributed by atoms with van der Waals surface area (Å²) in [5.41, 5.74) is 0.990. The molecule has 6 heteroatoms. The van der Waals surface area contributed by atoms with Crippen LogP contribution >= 0.6 is 11.8 Å². The van der Waals surface area contributed by atoms with Crippen molar-refractivity contribution in [1.82, 2.24) is 9.80 Å². The number of carbonyl (C=O) groups excluding carboxylic acids is 2. The molecule has 118 valence electrons. The predicted molar refractivity (Wildman–Crippen MR) is 83.9 cm³/mol. The van der Waals surface area contributed by atoms with Gasteiger partial charge in [-0.2, -0.15) is 11.8 Å². The molecule has 2 fully saturated rings. The van der Waals surface area contributed by atoms with Gasteiger partial charge in [0.25, 0.3) is 5.91 Å². The molecule has 1 aromatic carbocycles. The Kier molecular flexibility index (Phi) is 3.89. The van der Waals surface area contributed by atoms with Gasteiger partial charge in [-0.15, -0.1) is 0 Å². The van der Waals surface area contributed by atoms with E-state index in [2.05, 4.69) is 0 Å². The van der Waals surface area contributed by atoms with Crippen LogP contribution in [0.3, 0.4) is 0 Å². The largest absolute Gasteiger partial charge is 0.327 e. The molecule has 3 amide bonds. The maximum atomic E-state index is 13.4. The SMILES string of the molecule is CSCc1cc(F)ccc1CN1C(=O)N2CCCC2(C)C1=O. The molecule has 4 nitrogen and oxygen atoms in total. The molecule has 1 aromatic rings. The zero-order valence-electron chi connectivity index (χ0n) is 12.8. The maximum Gasteiger partial charge on any atom is 0.327 e. The first kappa shape index (κ1) is 15.3. The van der Waals surface area contributed by atoms with Crippen molar-refractivity contribution in [2.24, 2.45) is 0 Å². The van der Waals surface area contributed by atoms with E-state index < -0.39 is 5.54 Å². The molecule has 1 atom stereocenters. The third-order valence-electron chi connectivity index (χ3n) is 4.61. The van der Waals surface area contributed by atoms with Gasteiger partial charge in [0.2, 0.25) is 0 Å². The van der Waals surface area contributed by atoms with E-state index in [1.807, 2.05) is 13.2 Å². The van der Waals surface area contributed by atoms with Gasteiger partial charge in [0.15, 0.2) is 0 Å². The van der Waals surface area contributed by atoms with Crippen LogP contribution in [0.5, 0.6) is 0 Å². The van der Waals surface area contributed by atoms with Gasteiger partial charge in [-0.25, -0.2) is 9.18 Å². The molecule has 2 aliphatic rings. The lowest BCUT2D eigenvalue weighted by molar-refractivity contribution is -0.132. The average molecular weight is 322 g/mol. The minimum absolute atomic E-state index is 0.130. The molecule has 22 heavy (non-hydrogen) atoms. The monoisotopic (exact) mass is 322 g/mol.